The number of rotatable bonds is 3. The third-order valence-electron chi connectivity index (χ3n) is 3.42. The monoisotopic (exact) mass is 205 g/mol. The quantitative estimate of drug-likeness (QED) is 0.759. The maximum Gasteiger partial charge on any atom is 0.225 e. The Morgan fingerprint density at radius 1 is 1.47 bits per heavy atom. The molecular weight excluding hydrogens is 186 g/mol. The van der Waals surface area contributed by atoms with E-state index in [1.807, 2.05) is 12.4 Å². The number of aromatic nitrogens is 2. The van der Waals surface area contributed by atoms with Crippen molar-refractivity contribution in [3.63, 3.8) is 0 Å². The van der Waals surface area contributed by atoms with Crippen LogP contribution in [-0.4, -0.2) is 22.6 Å². The van der Waals surface area contributed by atoms with Gasteiger partial charge in [-0.25, -0.2) is 9.97 Å². The number of nitrogens with zero attached hydrogens (tertiary/aromatic N) is 3. The fourth-order valence-electron chi connectivity index (χ4n) is 1.78. The summed E-state index contributed by atoms with van der Waals surface area (Å²) in [5.41, 5.74) is 1.24. The third-order valence-corrected chi connectivity index (χ3v) is 3.42. The zero-order chi connectivity index (χ0) is 10.8. The molecule has 1 aromatic heterocycles. The van der Waals surface area contributed by atoms with Crippen molar-refractivity contribution in [2.24, 2.45) is 0 Å². The summed E-state index contributed by atoms with van der Waals surface area (Å²) in [4.78, 5) is 11.1. The Balaban J connectivity index is 2.10. The minimum Gasteiger partial charge on any atom is -0.338 e. The van der Waals surface area contributed by atoms with E-state index in [0.717, 1.165) is 18.9 Å². The highest BCUT2D eigenvalue weighted by atomic mass is 15.3. The lowest BCUT2D eigenvalue weighted by molar-refractivity contribution is 0.470. The van der Waals surface area contributed by atoms with Crippen LogP contribution in [0.2, 0.25) is 0 Å². The van der Waals surface area contributed by atoms with E-state index >= 15 is 0 Å². The molecule has 2 atom stereocenters. The molecule has 0 spiro atoms. The van der Waals surface area contributed by atoms with E-state index in [-0.39, 0.29) is 0 Å². The average molecular weight is 205 g/mol. The standard InChI is InChI=1S/C12H19N3/c1-4-9(2)11-7-13-12(14-8-11)15-6-5-10(15)3/h7-10H,4-6H2,1-3H3. The normalized spacial score (nSPS) is 22.3. The SMILES string of the molecule is CCC(C)c1cnc(N2CCC2C)nc1. The summed E-state index contributed by atoms with van der Waals surface area (Å²) in [6, 6.07) is 0.611. The van der Waals surface area contributed by atoms with Crippen LogP contribution in [-0.2, 0) is 0 Å². The molecule has 82 valence electrons. The lowest BCUT2D eigenvalue weighted by Gasteiger charge is -2.38. The van der Waals surface area contributed by atoms with Crippen LogP contribution in [0.3, 0.4) is 0 Å². The smallest absolute Gasteiger partial charge is 0.225 e. The number of anilines is 1. The van der Waals surface area contributed by atoms with Gasteiger partial charge in [0.2, 0.25) is 5.95 Å². The molecule has 2 heterocycles. The molecule has 1 fully saturated rings. The maximum atomic E-state index is 4.43. The first-order valence-corrected chi connectivity index (χ1v) is 5.81. The maximum absolute atomic E-state index is 4.43. The van der Waals surface area contributed by atoms with Crippen LogP contribution in [0.5, 0.6) is 0 Å². The van der Waals surface area contributed by atoms with E-state index in [9.17, 15) is 0 Å². The van der Waals surface area contributed by atoms with Crippen molar-refractivity contribution in [2.45, 2.75) is 45.6 Å². The van der Waals surface area contributed by atoms with Crippen molar-refractivity contribution < 1.29 is 0 Å². The van der Waals surface area contributed by atoms with Gasteiger partial charge in [-0.3, -0.25) is 0 Å². The highest BCUT2D eigenvalue weighted by Crippen LogP contribution is 2.23. The average Bonchev–Trinajstić information content (AvgIpc) is 2.27. The molecule has 0 amide bonds. The Morgan fingerprint density at radius 2 is 2.13 bits per heavy atom. The van der Waals surface area contributed by atoms with Crippen molar-refractivity contribution in [3.05, 3.63) is 18.0 Å². The second-order valence-corrected chi connectivity index (χ2v) is 4.46. The molecule has 0 saturated carbocycles. The molecule has 0 radical (unpaired) electrons. The van der Waals surface area contributed by atoms with Gasteiger partial charge < -0.3 is 4.90 Å². The highest BCUT2D eigenvalue weighted by Gasteiger charge is 2.25. The largest absolute Gasteiger partial charge is 0.338 e. The fraction of sp³-hybridized carbons (Fsp3) is 0.667. The van der Waals surface area contributed by atoms with Crippen LogP contribution in [0.15, 0.2) is 12.4 Å². The molecule has 1 aromatic rings. The minimum absolute atomic E-state index is 0.563. The zero-order valence-electron chi connectivity index (χ0n) is 9.77. The van der Waals surface area contributed by atoms with Gasteiger partial charge >= 0.3 is 0 Å². The lowest BCUT2D eigenvalue weighted by Crippen LogP contribution is -2.46. The molecule has 0 N–H and O–H groups in total. The van der Waals surface area contributed by atoms with E-state index in [0.29, 0.717) is 12.0 Å². The molecule has 1 aliphatic heterocycles. The van der Waals surface area contributed by atoms with E-state index in [4.69, 9.17) is 0 Å². The summed E-state index contributed by atoms with van der Waals surface area (Å²) in [5.74, 6) is 1.45. The molecule has 0 aliphatic carbocycles. The van der Waals surface area contributed by atoms with Gasteiger partial charge in [0, 0.05) is 25.0 Å². The molecule has 2 unspecified atom stereocenters. The zero-order valence-corrected chi connectivity index (χ0v) is 9.77. The van der Waals surface area contributed by atoms with Gasteiger partial charge in [0.05, 0.1) is 0 Å². The topological polar surface area (TPSA) is 29.0 Å². The molecule has 0 aromatic carbocycles. The molecule has 0 bridgehead atoms. The first-order valence-electron chi connectivity index (χ1n) is 5.81. The Labute approximate surface area is 91.5 Å². The van der Waals surface area contributed by atoms with Crippen LogP contribution in [0.25, 0.3) is 0 Å². The Bertz CT molecular complexity index is 320. The van der Waals surface area contributed by atoms with Crippen LogP contribution < -0.4 is 4.90 Å². The van der Waals surface area contributed by atoms with Gasteiger partial charge in [0.25, 0.3) is 0 Å². The van der Waals surface area contributed by atoms with Crippen LogP contribution in [0.1, 0.15) is 45.1 Å². The van der Waals surface area contributed by atoms with Crippen molar-refractivity contribution in [1.82, 2.24) is 9.97 Å². The third kappa shape index (κ3) is 1.96. The molecule has 2 rings (SSSR count). The fourth-order valence-corrected chi connectivity index (χ4v) is 1.78. The molecule has 3 heteroatoms. The minimum atomic E-state index is 0.563. The molecule has 15 heavy (non-hydrogen) atoms. The van der Waals surface area contributed by atoms with Gasteiger partial charge in [-0.2, -0.15) is 0 Å². The van der Waals surface area contributed by atoms with Crippen molar-refractivity contribution in [1.29, 1.82) is 0 Å². The Morgan fingerprint density at radius 3 is 2.53 bits per heavy atom. The van der Waals surface area contributed by atoms with Crippen LogP contribution in [0, 0.1) is 0 Å². The van der Waals surface area contributed by atoms with Crippen LogP contribution in [0.4, 0.5) is 5.95 Å². The second-order valence-electron chi connectivity index (χ2n) is 4.46. The molecule has 3 nitrogen and oxygen atoms in total. The van der Waals surface area contributed by atoms with Gasteiger partial charge in [-0.05, 0) is 31.2 Å². The molecule has 1 aliphatic rings. The number of hydrogen-bond donors (Lipinski definition) is 0. The summed E-state index contributed by atoms with van der Waals surface area (Å²) in [7, 11) is 0. The Hall–Kier alpha value is -1.12. The predicted molar refractivity (Wildman–Crippen MR) is 62.2 cm³/mol. The first-order chi connectivity index (χ1) is 7.22. The molecular formula is C12H19N3. The first kappa shape index (κ1) is 10.4. The molecule has 1 saturated heterocycles. The predicted octanol–water partition coefficient (Wildman–Crippen LogP) is 2.59. The van der Waals surface area contributed by atoms with Gasteiger partial charge in [-0.15, -0.1) is 0 Å². The number of hydrogen-bond acceptors (Lipinski definition) is 3. The van der Waals surface area contributed by atoms with E-state index in [1.165, 1.54) is 12.0 Å². The van der Waals surface area contributed by atoms with Crippen molar-refractivity contribution in [3.8, 4) is 0 Å². The summed E-state index contributed by atoms with van der Waals surface area (Å²) in [6.45, 7) is 7.72. The van der Waals surface area contributed by atoms with Crippen molar-refractivity contribution >= 4 is 5.95 Å². The summed E-state index contributed by atoms with van der Waals surface area (Å²) in [6.07, 6.45) is 6.35. The van der Waals surface area contributed by atoms with Crippen LogP contribution >= 0.6 is 0 Å². The van der Waals surface area contributed by atoms with Gasteiger partial charge in [-0.1, -0.05) is 13.8 Å². The van der Waals surface area contributed by atoms with E-state index < -0.39 is 0 Å². The van der Waals surface area contributed by atoms with Crippen molar-refractivity contribution in [2.75, 3.05) is 11.4 Å². The van der Waals surface area contributed by atoms with E-state index in [1.54, 1.807) is 0 Å². The summed E-state index contributed by atoms with van der Waals surface area (Å²) in [5, 5.41) is 0. The van der Waals surface area contributed by atoms with Gasteiger partial charge in [0.15, 0.2) is 0 Å². The van der Waals surface area contributed by atoms with Gasteiger partial charge in [0.1, 0.15) is 0 Å². The lowest BCUT2D eigenvalue weighted by atomic mass is 10.0. The highest BCUT2D eigenvalue weighted by molar-refractivity contribution is 5.35. The summed E-state index contributed by atoms with van der Waals surface area (Å²) >= 11 is 0. The van der Waals surface area contributed by atoms with E-state index in [2.05, 4.69) is 35.6 Å². The Kier molecular flexibility index (Phi) is 2.89. The second kappa shape index (κ2) is 4.17. The summed E-state index contributed by atoms with van der Waals surface area (Å²) < 4.78 is 0.